The summed E-state index contributed by atoms with van der Waals surface area (Å²) in [6, 6.07) is 67.4. The Bertz CT molecular complexity index is 3240. The molecule has 0 spiro atoms. The average Bonchev–Trinajstić information content (AvgIpc) is 3.81. The van der Waals surface area contributed by atoms with E-state index in [4.69, 9.17) is 19.4 Å². The molecule has 0 radical (unpaired) electrons. The molecule has 0 unspecified atom stereocenters. The molecule has 0 aliphatic heterocycles. The Balaban J connectivity index is 1.05. The number of aromatic nitrogens is 4. The maximum atomic E-state index is 6.55. The number of hydrogen-bond acceptors (Lipinski definition) is 4. The zero-order valence-corrected chi connectivity index (χ0v) is 30.2. The summed E-state index contributed by atoms with van der Waals surface area (Å²) in [7, 11) is 0. The number of rotatable bonds is 6. The average molecular weight is 717 g/mol. The van der Waals surface area contributed by atoms with Crippen LogP contribution in [0, 0.1) is 0 Å². The smallest absolute Gasteiger partial charge is 0.164 e. The maximum absolute atomic E-state index is 6.55. The second-order valence-electron chi connectivity index (χ2n) is 14.1. The molecule has 0 N–H and O–H groups in total. The largest absolute Gasteiger partial charge is 0.456 e. The summed E-state index contributed by atoms with van der Waals surface area (Å²) in [5.74, 6) is 1.88. The predicted octanol–water partition coefficient (Wildman–Crippen LogP) is 13.2. The van der Waals surface area contributed by atoms with Gasteiger partial charge in [0.15, 0.2) is 17.5 Å². The molecule has 0 aliphatic carbocycles. The Hall–Kier alpha value is -7.63. The number of nitrogens with zero attached hydrogens (tertiary/aromatic N) is 4. The Labute approximate surface area is 322 Å². The molecule has 0 aliphatic rings. The van der Waals surface area contributed by atoms with E-state index in [2.05, 4.69) is 156 Å². The Morgan fingerprint density at radius 2 is 0.804 bits per heavy atom. The predicted molar refractivity (Wildman–Crippen MR) is 229 cm³/mol. The molecule has 0 amide bonds. The number of fused-ring (bicyclic) bond motifs is 6. The third-order valence-electron chi connectivity index (χ3n) is 10.6. The quantitative estimate of drug-likeness (QED) is 0.172. The van der Waals surface area contributed by atoms with Crippen LogP contribution in [0.1, 0.15) is 0 Å². The van der Waals surface area contributed by atoms with Crippen LogP contribution in [0.25, 0.3) is 106 Å². The number of benzene rings is 8. The molecule has 0 bridgehead atoms. The topological polar surface area (TPSA) is 56.7 Å². The fourth-order valence-electron chi connectivity index (χ4n) is 7.92. The lowest BCUT2D eigenvalue weighted by Gasteiger charge is -2.10. The summed E-state index contributed by atoms with van der Waals surface area (Å²) in [6.07, 6.45) is 0. The van der Waals surface area contributed by atoms with Crippen molar-refractivity contribution in [1.82, 2.24) is 19.5 Å². The lowest BCUT2D eigenvalue weighted by molar-refractivity contribution is 0.669. The standard InChI is InChI=1S/C51H32N4O/c1-4-13-33(14-5-1)36-19-12-20-38(29-36)50-52-49(35-17-8-3-9-18-35)53-51(54-50)39-24-28-46-44(30-39)41-21-10-11-22-45(41)55(46)40-25-27-43-42-26-23-37(34-15-6-2-7-16-34)31-47(42)56-48(43)32-40/h1-32H. The van der Waals surface area contributed by atoms with Crippen LogP contribution in [0.15, 0.2) is 199 Å². The lowest BCUT2D eigenvalue weighted by atomic mass is 10.0. The summed E-state index contributed by atoms with van der Waals surface area (Å²) in [5, 5.41) is 4.47. The fraction of sp³-hybridized carbons (Fsp3) is 0. The van der Waals surface area contributed by atoms with E-state index in [9.17, 15) is 0 Å². The molecule has 0 saturated carbocycles. The molecular weight excluding hydrogens is 685 g/mol. The minimum Gasteiger partial charge on any atom is -0.456 e. The van der Waals surface area contributed by atoms with Gasteiger partial charge in [0.1, 0.15) is 11.2 Å². The zero-order valence-electron chi connectivity index (χ0n) is 30.2. The first-order valence-corrected chi connectivity index (χ1v) is 18.8. The molecule has 11 aromatic rings. The molecule has 0 fully saturated rings. The molecule has 0 atom stereocenters. The zero-order chi connectivity index (χ0) is 37.0. The summed E-state index contributed by atoms with van der Waals surface area (Å²) >= 11 is 0. The molecule has 0 saturated heterocycles. The third-order valence-corrected chi connectivity index (χ3v) is 10.6. The van der Waals surface area contributed by atoms with Gasteiger partial charge in [-0.25, -0.2) is 15.0 Å². The first-order chi connectivity index (χ1) is 27.7. The van der Waals surface area contributed by atoms with Crippen LogP contribution >= 0.6 is 0 Å². The first kappa shape index (κ1) is 31.9. The normalized spacial score (nSPS) is 11.6. The van der Waals surface area contributed by atoms with Crippen molar-refractivity contribution in [2.24, 2.45) is 0 Å². The van der Waals surface area contributed by atoms with Gasteiger partial charge in [0.2, 0.25) is 0 Å². The Kier molecular flexibility index (Phi) is 7.42. The van der Waals surface area contributed by atoms with Crippen molar-refractivity contribution in [2.75, 3.05) is 0 Å². The van der Waals surface area contributed by atoms with E-state index in [0.717, 1.165) is 82.8 Å². The minimum atomic E-state index is 0.622. The number of para-hydroxylation sites is 1. The van der Waals surface area contributed by atoms with Gasteiger partial charge in [-0.1, -0.05) is 133 Å². The lowest BCUT2D eigenvalue weighted by Crippen LogP contribution is -2.00. The van der Waals surface area contributed by atoms with Gasteiger partial charge < -0.3 is 8.98 Å². The van der Waals surface area contributed by atoms with Crippen molar-refractivity contribution in [3.05, 3.63) is 194 Å². The second-order valence-corrected chi connectivity index (χ2v) is 14.1. The summed E-state index contributed by atoms with van der Waals surface area (Å²) in [4.78, 5) is 15.2. The SMILES string of the molecule is c1ccc(-c2cccc(-c3nc(-c4ccccc4)nc(-c4ccc5c(c4)c4ccccc4n5-c4ccc5c(c4)oc4cc(-c6ccccc6)ccc45)n3)c2)cc1. The number of furan rings is 1. The maximum Gasteiger partial charge on any atom is 0.164 e. The van der Waals surface area contributed by atoms with Gasteiger partial charge in [-0.15, -0.1) is 0 Å². The van der Waals surface area contributed by atoms with Gasteiger partial charge in [-0.3, -0.25) is 0 Å². The fourth-order valence-corrected chi connectivity index (χ4v) is 7.92. The molecule has 3 aromatic heterocycles. The van der Waals surface area contributed by atoms with E-state index >= 15 is 0 Å². The van der Waals surface area contributed by atoms with Gasteiger partial charge in [-0.2, -0.15) is 0 Å². The monoisotopic (exact) mass is 716 g/mol. The van der Waals surface area contributed by atoms with Gasteiger partial charge in [0.25, 0.3) is 0 Å². The first-order valence-electron chi connectivity index (χ1n) is 18.8. The van der Waals surface area contributed by atoms with Crippen LogP contribution in [0.3, 0.4) is 0 Å². The molecule has 56 heavy (non-hydrogen) atoms. The minimum absolute atomic E-state index is 0.622. The van der Waals surface area contributed by atoms with E-state index in [-0.39, 0.29) is 0 Å². The molecule has 5 heteroatoms. The van der Waals surface area contributed by atoms with Crippen LogP contribution in [-0.4, -0.2) is 19.5 Å². The summed E-state index contributed by atoms with van der Waals surface area (Å²) in [6.45, 7) is 0. The highest BCUT2D eigenvalue weighted by atomic mass is 16.3. The molecule has 11 rings (SSSR count). The molecule has 3 heterocycles. The van der Waals surface area contributed by atoms with Crippen molar-refractivity contribution < 1.29 is 4.42 Å². The van der Waals surface area contributed by atoms with Crippen LogP contribution in [0.2, 0.25) is 0 Å². The highest BCUT2D eigenvalue weighted by molar-refractivity contribution is 6.11. The van der Waals surface area contributed by atoms with Crippen LogP contribution in [-0.2, 0) is 0 Å². The van der Waals surface area contributed by atoms with E-state index < -0.39 is 0 Å². The van der Waals surface area contributed by atoms with Gasteiger partial charge in [0.05, 0.1) is 11.0 Å². The van der Waals surface area contributed by atoms with Crippen molar-refractivity contribution in [1.29, 1.82) is 0 Å². The Morgan fingerprint density at radius 1 is 0.304 bits per heavy atom. The van der Waals surface area contributed by atoms with Gasteiger partial charge in [0, 0.05) is 50.0 Å². The molecule has 262 valence electrons. The van der Waals surface area contributed by atoms with Crippen molar-refractivity contribution in [3.8, 4) is 62.1 Å². The number of hydrogen-bond donors (Lipinski definition) is 0. The molecule has 8 aromatic carbocycles. The summed E-state index contributed by atoms with van der Waals surface area (Å²) < 4.78 is 8.87. The van der Waals surface area contributed by atoms with Crippen LogP contribution < -0.4 is 0 Å². The van der Waals surface area contributed by atoms with Crippen LogP contribution in [0.5, 0.6) is 0 Å². The molecule has 5 nitrogen and oxygen atoms in total. The Morgan fingerprint density at radius 3 is 1.52 bits per heavy atom. The van der Waals surface area contributed by atoms with Gasteiger partial charge >= 0.3 is 0 Å². The van der Waals surface area contributed by atoms with Crippen molar-refractivity contribution in [3.63, 3.8) is 0 Å². The summed E-state index contributed by atoms with van der Waals surface area (Å²) in [5.41, 5.74) is 12.3. The van der Waals surface area contributed by atoms with Crippen molar-refractivity contribution >= 4 is 43.7 Å². The van der Waals surface area contributed by atoms with E-state index in [1.54, 1.807) is 0 Å². The third kappa shape index (κ3) is 5.45. The van der Waals surface area contributed by atoms with E-state index in [1.165, 1.54) is 5.56 Å². The highest BCUT2D eigenvalue weighted by Gasteiger charge is 2.18. The van der Waals surface area contributed by atoms with Crippen molar-refractivity contribution in [2.45, 2.75) is 0 Å². The highest BCUT2D eigenvalue weighted by Crippen LogP contribution is 2.38. The second kappa shape index (κ2) is 13.0. The van der Waals surface area contributed by atoms with E-state index in [1.807, 2.05) is 42.5 Å². The molecular formula is C51H32N4O. The van der Waals surface area contributed by atoms with Gasteiger partial charge in [-0.05, 0) is 76.9 Å². The van der Waals surface area contributed by atoms with E-state index in [0.29, 0.717) is 17.5 Å². The van der Waals surface area contributed by atoms with Crippen LogP contribution in [0.4, 0.5) is 0 Å².